The summed E-state index contributed by atoms with van der Waals surface area (Å²) in [6.07, 6.45) is 0. The highest BCUT2D eigenvalue weighted by molar-refractivity contribution is 6.04. The second-order valence-corrected chi connectivity index (χ2v) is 6.04. The van der Waals surface area contributed by atoms with E-state index < -0.39 is 0 Å². The molecule has 2 heterocycles. The minimum absolute atomic E-state index is 0.207. The van der Waals surface area contributed by atoms with E-state index in [4.69, 9.17) is 0 Å². The molecule has 0 radical (unpaired) electrons. The van der Waals surface area contributed by atoms with E-state index in [9.17, 15) is 4.79 Å². The summed E-state index contributed by atoms with van der Waals surface area (Å²) in [6, 6.07) is 7.61. The van der Waals surface area contributed by atoms with Crippen LogP contribution in [-0.2, 0) is 7.05 Å². The van der Waals surface area contributed by atoms with Gasteiger partial charge in [-0.25, -0.2) is 0 Å². The number of nitrogens with zero attached hydrogens (tertiary/aromatic N) is 3. The lowest BCUT2D eigenvalue weighted by Gasteiger charge is -2.09. The standard InChI is InChI=1S/C18H21N5O/c1-10-7-6-8-14(11(10)2)19-18(24)16-9-15(20-21-16)17-12(3)22-23(5)13(17)4/h6-9H,1-5H3,(H,19,24)(H,20,21). The molecule has 0 spiro atoms. The van der Waals surface area contributed by atoms with Gasteiger partial charge in [0.2, 0.25) is 0 Å². The van der Waals surface area contributed by atoms with Crippen molar-refractivity contribution in [2.24, 2.45) is 7.05 Å². The first-order chi connectivity index (χ1) is 11.4. The van der Waals surface area contributed by atoms with Crippen molar-refractivity contribution < 1.29 is 4.79 Å². The van der Waals surface area contributed by atoms with Crippen LogP contribution in [0.3, 0.4) is 0 Å². The van der Waals surface area contributed by atoms with Crippen LogP contribution in [-0.4, -0.2) is 25.9 Å². The van der Waals surface area contributed by atoms with Crippen molar-refractivity contribution >= 4 is 11.6 Å². The van der Waals surface area contributed by atoms with Gasteiger partial charge in [-0.15, -0.1) is 0 Å². The molecule has 1 aromatic carbocycles. The smallest absolute Gasteiger partial charge is 0.273 e. The Hall–Kier alpha value is -2.89. The van der Waals surface area contributed by atoms with Crippen molar-refractivity contribution in [3.8, 4) is 11.3 Å². The molecule has 0 saturated carbocycles. The van der Waals surface area contributed by atoms with Gasteiger partial charge in [0.05, 0.1) is 11.4 Å². The summed E-state index contributed by atoms with van der Waals surface area (Å²) < 4.78 is 1.81. The number of hydrogen-bond donors (Lipinski definition) is 2. The van der Waals surface area contributed by atoms with Crippen LogP contribution in [0, 0.1) is 27.7 Å². The number of anilines is 1. The van der Waals surface area contributed by atoms with Crippen LogP contribution in [0.5, 0.6) is 0 Å². The second-order valence-electron chi connectivity index (χ2n) is 6.04. The lowest BCUT2D eigenvalue weighted by molar-refractivity contribution is 0.102. The molecule has 0 atom stereocenters. The first-order valence-corrected chi connectivity index (χ1v) is 7.82. The van der Waals surface area contributed by atoms with Crippen molar-refractivity contribution in [3.05, 3.63) is 52.5 Å². The van der Waals surface area contributed by atoms with E-state index in [1.807, 2.05) is 57.6 Å². The minimum Gasteiger partial charge on any atom is -0.320 e. The largest absolute Gasteiger partial charge is 0.320 e. The highest BCUT2D eigenvalue weighted by atomic mass is 16.1. The maximum absolute atomic E-state index is 12.5. The number of rotatable bonds is 3. The normalized spacial score (nSPS) is 10.9. The predicted molar refractivity (Wildman–Crippen MR) is 94.1 cm³/mol. The number of nitrogens with one attached hydrogen (secondary N) is 2. The first kappa shape index (κ1) is 16.0. The van der Waals surface area contributed by atoms with Crippen molar-refractivity contribution in [3.63, 3.8) is 0 Å². The molecule has 24 heavy (non-hydrogen) atoms. The maximum Gasteiger partial charge on any atom is 0.273 e. The molecule has 6 heteroatoms. The number of hydrogen-bond acceptors (Lipinski definition) is 3. The molecular weight excluding hydrogens is 302 g/mol. The fourth-order valence-corrected chi connectivity index (χ4v) is 2.79. The Kier molecular flexibility index (Phi) is 3.97. The van der Waals surface area contributed by atoms with Crippen LogP contribution in [0.15, 0.2) is 24.3 Å². The van der Waals surface area contributed by atoms with Crippen molar-refractivity contribution in [2.45, 2.75) is 27.7 Å². The molecule has 3 rings (SSSR count). The zero-order valence-electron chi connectivity index (χ0n) is 14.6. The first-order valence-electron chi connectivity index (χ1n) is 7.82. The van der Waals surface area contributed by atoms with Crippen LogP contribution in [0.2, 0.25) is 0 Å². The summed E-state index contributed by atoms with van der Waals surface area (Å²) in [4.78, 5) is 12.5. The Balaban J connectivity index is 1.88. The van der Waals surface area contributed by atoms with E-state index in [2.05, 4.69) is 20.6 Å². The molecule has 2 aromatic heterocycles. The average Bonchev–Trinajstić information content (AvgIpc) is 3.10. The van der Waals surface area contributed by atoms with Gasteiger partial charge in [0.1, 0.15) is 5.69 Å². The number of aryl methyl sites for hydroxylation is 3. The number of amides is 1. The number of benzene rings is 1. The molecule has 6 nitrogen and oxygen atoms in total. The Bertz CT molecular complexity index is 920. The lowest BCUT2D eigenvalue weighted by Crippen LogP contribution is -2.13. The highest BCUT2D eigenvalue weighted by Crippen LogP contribution is 2.25. The van der Waals surface area contributed by atoms with Gasteiger partial charge in [-0.2, -0.15) is 10.2 Å². The van der Waals surface area contributed by atoms with Gasteiger partial charge in [0, 0.05) is 24.0 Å². The molecule has 0 unspecified atom stereocenters. The van der Waals surface area contributed by atoms with Crippen LogP contribution in [0.1, 0.15) is 33.0 Å². The zero-order chi connectivity index (χ0) is 17.4. The van der Waals surface area contributed by atoms with Crippen LogP contribution < -0.4 is 5.32 Å². The van der Waals surface area contributed by atoms with E-state index >= 15 is 0 Å². The monoisotopic (exact) mass is 323 g/mol. The van der Waals surface area contributed by atoms with Crippen molar-refractivity contribution in [2.75, 3.05) is 5.32 Å². The number of aromatic amines is 1. The van der Waals surface area contributed by atoms with Crippen molar-refractivity contribution in [1.29, 1.82) is 0 Å². The minimum atomic E-state index is -0.207. The van der Waals surface area contributed by atoms with Gasteiger partial charge in [0.15, 0.2) is 0 Å². The summed E-state index contributed by atoms with van der Waals surface area (Å²) in [7, 11) is 1.90. The average molecular weight is 323 g/mol. The predicted octanol–water partition coefficient (Wildman–Crippen LogP) is 3.30. The number of carbonyl (C=O) groups excluding carboxylic acids is 1. The number of H-pyrrole nitrogens is 1. The fourth-order valence-electron chi connectivity index (χ4n) is 2.79. The fraction of sp³-hybridized carbons (Fsp3) is 0.278. The summed E-state index contributed by atoms with van der Waals surface area (Å²) in [5.74, 6) is -0.207. The third-order valence-electron chi connectivity index (χ3n) is 4.44. The molecule has 0 saturated heterocycles. The topological polar surface area (TPSA) is 75.6 Å². The van der Waals surface area contributed by atoms with E-state index in [1.54, 1.807) is 6.07 Å². The van der Waals surface area contributed by atoms with E-state index in [0.717, 1.165) is 39.5 Å². The Morgan fingerprint density at radius 3 is 2.62 bits per heavy atom. The maximum atomic E-state index is 12.5. The third kappa shape index (κ3) is 2.71. The highest BCUT2D eigenvalue weighted by Gasteiger charge is 2.17. The molecule has 124 valence electrons. The molecule has 0 fully saturated rings. The molecule has 0 aliphatic heterocycles. The SMILES string of the molecule is Cc1cccc(NC(=O)c2cc(-c3c(C)nn(C)c3C)n[nH]2)c1C. The Morgan fingerprint density at radius 1 is 1.21 bits per heavy atom. The zero-order valence-corrected chi connectivity index (χ0v) is 14.6. The summed E-state index contributed by atoms with van der Waals surface area (Å²) in [6.45, 7) is 7.94. The number of carbonyl (C=O) groups is 1. The van der Waals surface area contributed by atoms with Gasteiger partial charge in [-0.05, 0) is 51.0 Å². The molecule has 0 bridgehead atoms. The molecule has 0 aliphatic rings. The molecule has 3 aromatic rings. The third-order valence-corrected chi connectivity index (χ3v) is 4.44. The Labute approximate surface area is 140 Å². The molecule has 1 amide bonds. The second kappa shape index (κ2) is 5.96. The van der Waals surface area contributed by atoms with Crippen molar-refractivity contribution in [1.82, 2.24) is 20.0 Å². The van der Waals surface area contributed by atoms with Crippen LogP contribution in [0.25, 0.3) is 11.3 Å². The Morgan fingerprint density at radius 2 is 1.96 bits per heavy atom. The van der Waals surface area contributed by atoms with Gasteiger partial charge in [-0.1, -0.05) is 12.1 Å². The molecule has 0 aliphatic carbocycles. The van der Waals surface area contributed by atoms with Gasteiger partial charge in [0.25, 0.3) is 5.91 Å². The number of aromatic nitrogens is 4. The summed E-state index contributed by atoms with van der Waals surface area (Å²) >= 11 is 0. The quantitative estimate of drug-likeness (QED) is 0.776. The molecular formula is C18H21N5O. The van der Waals surface area contributed by atoms with Gasteiger partial charge in [-0.3, -0.25) is 14.6 Å². The lowest BCUT2D eigenvalue weighted by atomic mass is 10.1. The van der Waals surface area contributed by atoms with E-state index in [1.165, 1.54) is 0 Å². The van der Waals surface area contributed by atoms with E-state index in [0.29, 0.717) is 5.69 Å². The van der Waals surface area contributed by atoms with E-state index in [-0.39, 0.29) is 5.91 Å². The van der Waals surface area contributed by atoms with Crippen LogP contribution >= 0.6 is 0 Å². The van der Waals surface area contributed by atoms with Crippen LogP contribution in [0.4, 0.5) is 5.69 Å². The summed E-state index contributed by atoms with van der Waals surface area (Å²) in [5.41, 5.74) is 7.02. The molecule has 2 N–H and O–H groups in total. The van der Waals surface area contributed by atoms with Gasteiger partial charge >= 0.3 is 0 Å². The van der Waals surface area contributed by atoms with Gasteiger partial charge < -0.3 is 5.32 Å². The summed E-state index contributed by atoms with van der Waals surface area (Å²) in [5, 5.41) is 14.4.